The van der Waals surface area contributed by atoms with Crippen molar-refractivity contribution >= 4 is 44.6 Å². The Labute approximate surface area is 153 Å². The SMILES string of the molecule is NS(=O)(=O)c1ccc(NC(CO)c2c(Cl)cccc2Cl)c([N+](=O)[O-])c1. The highest BCUT2D eigenvalue weighted by Crippen LogP contribution is 2.35. The van der Waals surface area contributed by atoms with E-state index in [-0.39, 0.29) is 15.7 Å². The zero-order valence-corrected chi connectivity index (χ0v) is 14.8. The van der Waals surface area contributed by atoms with Gasteiger partial charge < -0.3 is 10.4 Å². The van der Waals surface area contributed by atoms with E-state index in [9.17, 15) is 23.6 Å². The number of rotatable bonds is 6. The average molecular weight is 406 g/mol. The molecule has 0 fully saturated rings. The fourth-order valence-corrected chi connectivity index (χ4v) is 3.40. The third-order valence-corrected chi connectivity index (χ3v) is 4.93. The van der Waals surface area contributed by atoms with Gasteiger partial charge in [0.15, 0.2) is 0 Å². The molecule has 1 unspecified atom stereocenters. The molecule has 25 heavy (non-hydrogen) atoms. The van der Waals surface area contributed by atoms with Crippen molar-refractivity contribution in [2.45, 2.75) is 10.9 Å². The van der Waals surface area contributed by atoms with Crippen LogP contribution < -0.4 is 10.5 Å². The van der Waals surface area contributed by atoms with Gasteiger partial charge in [0.1, 0.15) is 5.69 Å². The van der Waals surface area contributed by atoms with E-state index in [4.69, 9.17) is 28.3 Å². The molecule has 4 N–H and O–H groups in total. The molecule has 0 saturated heterocycles. The van der Waals surface area contributed by atoms with Crippen LogP contribution in [-0.4, -0.2) is 25.1 Å². The molecule has 0 spiro atoms. The number of aliphatic hydroxyl groups is 1. The summed E-state index contributed by atoms with van der Waals surface area (Å²) in [6, 6.07) is 7.03. The van der Waals surface area contributed by atoms with Crippen LogP contribution in [0.4, 0.5) is 11.4 Å². The molecule has 0 aliphatic heterocycles. The zero-order chi connectivity index (χ0) is 18.8. The molecule has 0 aliphatic rings. The minimum atomic E-state index is -4.10. The maximum Gasteiger partial charge on any atom is 0.293 e. The minimum Gasteiger partial charge on any atom is -0.394 e. The van der Waals surface area contributed by atoms with Gasteiger partial charge in [-0.2, -0.15) is 0 Å². The maximum absolute atomic E-state index is 11.4. The molecule has 8 nitrogen and oxygen atoms in total. The van der Waals surface area contributed by atoms with Crippen molar-refractivity contribution in [3.8, 4) is 0 Å². The number of nitro benzene ring substituents is 1. The first-order chi connectivity index (χ1) is 11.6. The van der Waals surface area contributed by atoms with Crippen LogP contribution in [0.5, 0.6) is 0 Å². The Morgan fingerprint density at radius 1 is 1.24 bits per heavy atom. The smallest absolute Gasteiger partial charge is 0.293 e. The van der Waals surface area contributed by atoms with Gasteiger partial charge >= 0.3 is 0 Å². The van der Waals surface area contributed by atoms with Crippen LogP contribution in [0.1, 0.15) is 11.6 Å². The quantitative estimate of drug-likeness (QED) is 0.499. The second-order valence-corrected chi connectivity index (χ2v) is 7.37. The van der Waals surface area contributed by atoms with Crippen LogP contribution in [0.3, 0.4) is 0 Å². The van der Waals surface area contributed by atoms with Gasteiger partial charge in [0.25, 0.3) is 5.69 Å². The van der Waals surface area contributed by atoms with Crippen LogP contribution >= 0.6 is 23.2 Å². The number of nitrogens with two attached hydrogens (primary N) is 1. The number of aliphatic hydroxyl groups excluding tert-OH is 1. The molecule has 0 saturated carbocycles. The monoisotopic (exact) mass is 405 g/mol. The highest BCUT2D eigenvalue weighted by molar-refractivity contribution is 7.89. The number of hydrogen-bond acceptors (Lipinski definition) is 6. The largest absolute Gasteiger partial charge is 0.394 e. The molecule has 0 bridgehead atoms. The molecule has 0 aromatic heterocycles. The Balaban J connectivity index is 2.49. The third kappa shape index (κ3) is 4.39. The predicted molar refractivity (Wildman–Crippen MR) is 94.4 cm³/mol. The van der Waals surface area contributed by atoms with Crippen LogP contribution in [0.25, 0.3) is 0 Å². The molecule has 2 aromatic rings. The normalized spacial score (nSPS) is 12.6. The van der Waals surface area contributed by atoms with Crippen molar-refractivity contribution < 1.29 is 18.4 Å². The number of anilines is 1. The molecule has 2 aromatic carbocycles. The lowest BCUT2D eigenvalue weighted by Gasteiger charge is -2.20. The first kappa shape index (κ1) is 19.4. The molecule has 11 heteroatoms. The van der Waals surface area contributed by atoms with E-state index in [1.165, 1.54) is 6.07 Å². The summed E-state index contributed by atoms with van der Waals surface area (Å²) in [7, 11) is -4.10. The summed E-state index contributed by atoms with van der Waals surface area (Å²) >= 11 is 12.2. The van der Waals surface area contributed by atoms with Gasteiger partial charge in [-0.1, -0.05) is 29.3 Å². The van der Waals surface area contributed by atoms with Crippen molar-refractivity contribution in [3.63, 3.8) is 0 Å². The summed E-state index contributed by atoms with van der Waals surface area (Å²) in [4.78, 5) is 10.1. The Morgan fingerprint density at radius 2 is 1.84 bits per heavy atom. The van der Waals surface area contributed by atoms with E-state index in [0.717, 1.165) is 12.1 Å². The van der Waals surface area contributed by atoms with E-state index >= 15 is 0 Å². The first-order valence-electron chi connectivity index (χ1n) is 6.77. The minimum absolute atomic E-state index is 0.0209. The van der Waals surface area contributed by atoms with E-state index in [2.05, 4.69) is 5.32 Å². The molecule has 0 radical (unpaired) electrons. The lowest BCUT2D eigenvalue weighted by Crippen LogP contribution is -2.17. The highest BCUT2D eigenvalue weighted by Gasteiger charge is 2.23. The molecule has 0 amide bonds. The summed E-state index contributed by atoms with van der Waals surface area (Å²) in [5.74, 6) is 0. The van der Waals surface area contributed by atoms with Gasteiger partial charge in [-0.05, 0) is 24.3 Å². The molecule has 134 valence electrons. The van der Waals surface area contributed by atoms with Gasteiger partial charge in [0.05, 0.1) is 22.5 Å². The summed E-state index contributed by atoms with van der Waals surface area (Å²) in [6.07, 6.45) is 0. The second kappa shape index (κ2) is 7.54. The summed E-state index contributed by atoms with van der Waals surface area (Å²) in [5.41, 5.74) is -0.182. The fourth-order valence-electron chi connectivity index (χ4n) is 2.20. The molecule has 0 aliphatic carbocycles. The lowest BCUT2D eigenvalue weighted by molar-refractivity contribution is -0.384. The standard InChI is InChI=1S/C14H13Cl2N3O5S/c15-9-2-1-3-10(16)14(9)12(7-20)18-11-5-4-8(25(17,23)24)6-13(11)19(21)22/h1-6,12,18,20H,7H2,(H2,17,23,24). The number of nitrogens with zero attached hydrogens (tertiary/aromatic N) is 1. The Hall–Kier alpha value is -1.91. The van der Waals surface area contributed by atoms with Crippen LogP contribution in [0, 0.1) is 10.1 Å². The molecular weight excluding hydrogens is 393 g/mol. The number of primary sulfonamides is 1. The summed E-state index contributed by atoms with van der Waals surface area (Å²) in [5, 5.41) is 29.2. The first-order valence-corrected chi connectivity index (χ1v) is 9.08. The Bertz CT molecular complexity index is 900. The Morgan fingerprint density at radius 3 is 2.32 bits per heavy atom. The number of halogens is 2. The van der Waals surface area contributed by atoms with E-state index in [1.807, 2.05) is 0 Å². The van der Waals surface area contributed by atoms with Crippen molar-refractivity contribution in [1.29, 1.82) is 0 Å². The third-order valence-electron chi connectivity index (χ3n) is 3.35. The number of sulfonamides is 1. The summed E-state index contributed by atoms with van der Waals surface area (Å²) in [6.45, 7) is -0.461. The second-order valence-electron chi connectivity index (χ2n) is 5.00. The van der Waals surface area contributed by atoms with Crippen LogP contribution in [0.15, 0.2) is 41.3 Å². The topological polar surface area (TPSA) is 136 Å². The van der Waals surface area contributed by atoms with Gasteiger partial charge in [-0.15, -0.1) is 0 Å². The van der Waals surface area contributed by atoms with Crippen LogP contribution in [0.2, 0.25) is 10.0 Å². The molecule has 2 rings (SSSR count). The van der Waals surface area contributed by atoms with Crippen molar-refractivity contribution in [2.75, 3.05) is 11.9 Å². The average Bonchev–Trinajstić information content (AvgIpc) is 2.52. The van der Waals surface area contributed by atoms with Crippen molar-refractivity contribution in [2.24, 2.45) is 5.14 Å². The Kier molecular flexibility index (Phi) is 5.86. The zero-order valence-electron chi connectivity index (χ0n) is 12.5. The fraction of sp³-hybridized carbons (Fsp3) is 0.143. The van der Waals surface area contributed by atoms with Gasteiger partial charge in [0, 0.05) is 21.7 Å². The highest BCUT2D eigenvalue weighted by atomic mass is 35.5. The molecule has 1 atom stereocenters. The predicted octanol–water partition coefficient (Wildman–Crippen LogP) is 2.69. The molecule has 0 heterocycles. The molecular formula is C14H13Cl2N3O5S. The summed E-state index contributed by atoms with van der Waals surface area (Å²) < 4.78 is 22.7. The lowest BCUT2D eigenvalue weighted by atomic mass is 10.1. The van der Waals surface area contributed by atoms with E-state index in [0.29, 0.717) is 5.56 Å². The van der Waals surface area contributed by atoms with Gasteiger partial charge in [0.2, 0.25) is 10.0 Å². The van der Waals surface area contributed by atoms with Gasteiger partial charge in [-0.3, -0.25) is 10.1 Å². The van der Waals surface area contributed by atoms with Crippen molar-refractivity contribution in [3.05, 3.63) is 62.1 Å². The number of nitro groups is 1. The van der Waals surface area contributed by atoms with Crippen LogP contribution in [-0.2, 0) is 10.0 Å². The number of nitrogens with one attached hydrogen (secondary N) is 1. The van der Waals surface area contributed by atoms with E-state index < -0.39 is 38.2 Å². The van der Waals surface area contributed by atoms with Gasteiger partial charge in [-0.25, -0.2) is 13.6 Å². The van der Waals surface area contributed by atoms with E-state index in [1.54, 1.807) is 18.2 Å². The van der Waals surface area contributed by atoms with Crippen molar-refractivity contribution in [1.82, 2.24) is 0 Å². The number of benzene rings is 2. The maximum atomic E-state index is 11.4. The number of hydrogen-bond donors (Lipinski definition) is 3.